The Hall–Kier alpha value is -4.55. The van der Waals surface area contributed by atoms with Crippen molar-refractivity contribution in [1.29, 1.82) is 0 Å². The van der Waals surface area contributed by atoms with E-state index in [0.717, 1.165) is 29.5 Å². The summed E-state index contributed by atoms with van der Waals surface area (Å²) in [6, 6.07) is 19.8. The van der Waals surface area contributed by atoms with E-state index in [2.05, 4.69) is 38.2 Å². The highest BCUT2D eigenvalue weighted by Crippen LogP contribution is 2.60. The van der Waals surface area contributed by atoms with Crippen molar-refractivity contribution in [3.63, 3.8) is 0 Å². The third kappa shape index (κ3) is 8.07. The molecule has 0 radical (unpaired) electrons. The standard InChI is InChI=1S/C44H55N3O7Si/c1-28(2)11-10-12-29(3)21-22-46-38-20-17-34(45-42(50)31-15-18-36(53-5)19-16-31)24-37(38)44(43(46)51)30(4)41(55(6,7)52)39(54-44)25-40(49)47-26-33-14-9-8-13-32(33)23-35(47)27-48/h8-9,11,13-21,24,30,35,39,41,48,52H,10,12,22-23,25-27H2,1-7H3,(H,45,50)/b29-21+/t30-,35-,39+,41-,44+/m0/s1. The van der Waals surface area contributed by atoms with E-state index in [1.165, 1.54) is 5.57 Å². The van der Waals surface area contributed by atoms with E-state index in [9.17, 15) is 19.5 Å². The fourth-order valence-corrected chi connectivity index (χ4v) is 11.3. The van der Waals surface area contributed by atoms with Crippen LogP contribution in [-0.4, -0.2) is 73.2 Å². The number of rotatable bonds is 12. The van der Waals surface area contributed by atoms with Gasteiger partial charge in [0.25, 0.3) is 11.8 Å². The Morgan fingerprint density at radius 2 is 1.75 bits per heavy atom. The number of hydrogen-bond acceptors (Lipinski definition) is 7. The molecule has 55 heavy (non-hydrogen) atoms. The maximum absolute atomic E-state index is 15.0. The molecule has 11 heteroatoms. The van der Waals surface area contributed by atoms with Gasteiger partial charge in [-0.15, -0.1) is 0 Å². The Kier molecular flexibility index (Phi) is 11.9. The fraction of sp³-hybridized carbons (Fsp3) is 0.432. The van der Waals surface area contributed by atoms with Crippen LogP contribution in [0.1, 0.15) is 74.0 Å². The van der Waals surface area contributed by atoms with Gasteiger partial charge >= 0.3 is 0 Å². The summed E-state index contributed by atoms with van der Waals surface area (Å²) in [6.07, 6.45) is 5.77. The molecule has 5 atom stereocenters. The van der Waals surface area contributed by atoms with E-state index in [1.807, 2.05) is 56.4 Å². The van der Waals surface area contributed by atoms with Crippen molar-refractivity contribution in [2.24, 2.45) is 5.92 Å². The van der Waals surface area contributed by atoms with E-state index < -0.39 is 31.5 Å². The Morgan fingerprint density at radius 3 is 2.40 bits per heavy atom. The number of nitrogens with zero attached hydrogens (tertiary/aromatic N) is 2. The van der Waals surface area contributed by atoms with E-state index in [-0.39, 0.29) is 36.8 Å². The molecule has 0 unspecified atom stereocenters. The molecule has 1 fully saturated rings. The van der Waals surface area contributed by atoms with Gasteiger partial charge < -0.3 is 34.5 Å². The maximum atomic E-state index is 15.0. The van der Waals surface area contributed by atoms with Gasteiger partial charge in [0.15, 0.2) is 13.9 Å². The van der Waals surface area contributed by atoms with Crippen LogP contribution in [0.3, 0.4) is 0 Å². The molecule has 3 aromatic carbocycles. The minimum absolute atomic E-state index is 0.0493. The van der Waals surface area contributed by atoms with E-state index in [1.54, 1.807) is 47.2 Å². The van der Waals surface area contributed by atoms with E-state index >= 15 is 4.79 Å². The Morgan fingerprint density at radius 1 is 1.04 bits per heavy atom. The highest BCUT2D eigenvalue weighted by molar-refractivity contribution is 6.71. The number of aliphatic hydroxyl groups is 1. The number of carbonyl (C=O) groups is 3. The zero-order valence-electron chi connectivity index (χ0n) is 33.1. The Balaban J connectivity index is 1.36. The van der Waals surface area contributed by atoms with Crippen molar-refractivity contribution in [2.45, 2.75) is 96.3 Å². The Bertz CT molecular complexity index is 1980. The molecule has 3 aromatic rings. The van der Waals surface area contributed by atoms with Crippen LogP contribution in [0.25, 0.3) is 0 Å². The lowest BCUT2D eigenvalue weighted by Crippen LogP contribution is -2.48. The topological polar surface area (TPSA) is 129 Å². The van der Waals surface area contributed by atoms with Crippen molar-refractivity contribution in [3.05, 3.63) is 112 Å². The second kappa shape index (κ2) is 16.3. The largest absolute Gasteiger partial charge is 0.497 e. The molecule has 6 rings (SSSR count). The molecule has 10 nitrogen and oxygen atoms in total. The van der Waals surface area contributed by atoms with Crippen molar-refractivity contribution in [1.82, 2.24) is 4.90 Å². The first-order valence-electron chi connectivity index (χ1n) is 19.3. The molecule has 292 valence electrons. The summed E-state index contributed by atoms with van der Waals surface area (Å²) in [5.41, 5.74) is 4.80. The third-order valence-electron chi connectivity index (χ3n) is 11.6. The molecule has 3 aliphatic heterocycles. The summed E-state index contributed by atoms with van der Waals surface area (Å²) in [4.78, 5) is 58.0. The molecule has 3 heterocycles. The summed E-state index contributed by atoms with van der Waals surface area (Å²) >= 11 is 0. The Labute approximate surface area is 326 Å². The lowest BCUT2D eigenvalue weighted by molar-refractivity contribution is -0.150. The summed E-state index contributed by atoms with van der Waals surface area (Å²) < 4.78 is 12.3. The quantitative estimate of drug-likeness (QED) is 0.132. The van der Waals surface area contributed by atoms with Crippen molar-refractivity contribution in [2.75, 3.05) is 30.5 Å². The number of allylic oxidation sites excluding steroid dienone is 3. The van der Waals surface area contributed by atoms with Gasteiger partial charge in [-0.3, -0.25) is 14.4 Å². The average Bonchev–Trinajstić information content (AvgIpc) is 3.58. The molecular formula is C44H55N3O7Si. The van der Waals surface area contributed by atoms with Crippen LogP contribution in [0, 0.1) is 5.92 Å². The zero-order chi connectivity index (χ0) is 39.7. The van der Waals surface area contributed by atoms with Crippen LogP contribution in [0.15, 0.2) is 90.0 Å². The van der Waals surface area contributed by atoms with Crippen molar-refractivity contribution in [3.8, 4) is 5.75 Å². The molecule has 0 aromatic heterocycles. The zero-order valence-corrected chi connectivity index (χ0v) is 34.1. The summed E-state index contributed by atoms with van der Waals surface area (Å²) in [6.45, 7) is 12.4. The number of nitrogens with one attached hydrogen (secondary N) is 1. The second-order valence-corrected chi connectivity index (χ2v) is 20.1. The lowest BCUT2D eigenvalue weighted by Gasteiger charge is -2.37. The van der Waals surface area contributed by atoms with Gasteiger partial charge in [0.2, 0.25) is 5.91 Å². The molecule has 0 aliphatic carbocycles. The number of aliphatic hydroxyl groups excluding tert-OH is 1. The molecule has 0 saturated carbocycles. The van der Waals surface area contributed by atoms with Crippen molar-refractivity contribution >= 4 is 37.4 Å². The minimum atomic E-state index is -3.08. The van der Waals surface area contributed by atoms with Gasteiger partial charge in [-0.05, 0) is 107 Å². The first-order valence-corrected chi connectivity index (χ1v) is 22.3. The number of amides is 3. The fourth-order valence-electron chi connectivity index (χ4n) is 8.75. The van der Waals surface area contributed by atoms with Gasteiger partial charge in [-0.25, -0.2) is 0 Å². The summed E-state index contributed by atoms with van der Waals surface area (Å²) in [7, 11) is -1.51. The number of anilines is 2. The van der Waals surface area contributed by atoms with Crippen molar-refractivity contribution < 1.29 is 33.8 Å². The monoisotopic (exact) mass is 765 g/mol. The number of carbonyl (C=O) groups excluding carboxylic acids is 3. The first kappa shape index (κ1) is 40.1. The third-order valence-corrected chi connectivity index (χ3v) is 14.1. The van der Waals surface area contributed by atoms with Gasteiger partial charge in [0.1, 0.15) is 5.75 Å². The molecule has 3 N–H and O–H groups in total. The van der Waals surface area contributed by atoms with Gasteiger partial charge in [0.05, 0.1) is 38.0 Å². The first-order chi connectivity index (χ1) is 26.2. The molecule has 1 spiro atoms. The lowest BCUT2D eigenvalue weighted by atomic mass is 9.82. The number of methoxy groups -OCH3 is 1. The molecule has 3 aliphatic rings. The molecule has 0 bridgehead atoms. The van der Waals surface area contributed by atoms with Gasteiger partial charge in [-0.1, -0.05) is 54.5 Å². The van der Waals surface area contributed by atoms with Crippen LogP contribution in [0.2, 0.25) is 18.6 Å². The van der Waals surface area contributed by atoms with Crippen LogP contribution in [-0.2, 0) is 32.9 Å². The minimum Gasteiger partial charge on any atom is -0.497 e. The molecule has 3 amide bonds. The maximum Gasteiger partial charge on any atom is 0.264 e. The van der Waals surface area contributed by atoms with E-state index in [0.29, 0.717) is 47.8 Å². The van der Waals surface area contributed by atoms with E-state index in [4.69, 9.17) is 9.47 Å². The number of ether oxygens (including phenoxy) is 2. The highest BCUT2D eigenvalue weighted by atomic mass is 28.4. The second-order valence-electron chi connectivity index (χ2n) is 16.1. The van der Waals surface area contributed by atoms with Gasteiger partial charge in [-0.2, -0.15) is 0 Å². The summed E-state index contributed by atoms with van der Waals surface area (Å²) in [5.74, 6) is -0.623. The van der Waals surface area contributed by atoms with Crippen LogP contribution >= 0.6 is 0 Å². The SMILES string of the molecule is COc1ccc(C(=O)Nc2ccc3c(c2)[C@@]2(O[C@H](CC(=O)N4Cc5ccccc5C[C@H]4CO)[C@@H]([Si](C)(C)O)[C@@H]2C)C(=O)N3C/C=C(\C)CCC=C(C)C)cc1. The normalized spacial score (nSPS) is 23.4. The number of fused-ring (bicyclic) bond motifs is 3. The predicted octanol–water partition coefficient (Wildman–Crippen LogP) is 7.12. The molecular weight excluding hydrogens is 711 g/mol. The smallest absolute Gasteiger partial charge is 0.264 e. The molecule has 1 saturated heterocycles. The average molecular weight is 766 g/mol. The van der Waals surface area contributed by atoms with Crippen LogP contribution < -0.4 is 15.0 Å². The van der Waals surface area contributed by atoms with Crippen LogP contribution in [0.5, 0.6) is 5.75 Å². The predicted molar refractivity (Wildman–Crippen MR) is 218 cm³/mol. The highest BCUT2D eigenvalue weighted by Gasteiger charge is 2.66. The summed E-state index contributed by atoms with van der Waals surface area (Å²) in [5, 5.41) is 13.4. The van der Waals surface area contributed by atoms with Crippen LogP contribution in [0.4, 0.5) is 11.4 Å². The number of hydrogen-bond donors (Lipinski definition) is 3. The number of benzene rings is 3. The van der Waals surface area contributed by atoms with Gasteiger partial charge in [0, 0.05) is 41.4 Å².